The molecular weight excluding hydrogens is 302 g/mol. The Morgan fingerprint density at radius 3 is 2.96 bits per heavy atom. The van der Waals surface area contributed by atoms with Crippen molar-refractivity contribution in [3.05, 3.63) is 48.0 Å². The monoisotopic (exact) mass is 329 g/mol. The molecule has 24 heavy (non-hydrogen) atoms. The quantitative estimate of drug-likeness (QED) is 0.720. The standard InChI is InChI=1S/C18H27N5O/c1-21(2)8-9-24-15-17-12-22(11-16-4-3-6-19-10-16)14-18-5-7-20-23(18)13-17/h3-7,10,17H,8-9,11-15H2,1-2H3. The molecule has 2 aromatic heterocycles. The van der Waals surface area contributed by atoms with Crippen LogP contribution in [0, 0.1) is 5.92 Å². The van der Waals surface area contributed by atoms with Gasteiger partial charge >= 0.3 is 0 Å². The van der Waals surface area contributed by atoms with Gasteiger partial charge in [-0.25, -0.2) is 0 Å². The molecule has 6 nitrogen and oxygen atoms in total. The van der Waals surface area contributed by atoms with Gasteiger partial charge in [0.25, 0.3) is 0 Å². The van der Waals surface area contributed by atoms with Crippen LogP contribution in [0.1, 0.15) is 11.3 Å². The molecule has 1 aliphatic rings. The Kier molecular flexibility index (Phi) is 5.96. The Bertz CT molecular complexity index is 613. The molecular formula is C18H27N5O. The van der Waals surface area contributed by atoms with Crippen LogP contribution in [0.3, 0.4) is 0 Å². The molecule has 1 atom stereocenters. The van der Waals surface area contributed by atoms with E-state index in [1.807, 2.05) is 24.7 Å². The maximum Gasteiger partial charge on any atom is 0.0593 e. The molecule has 1 unspecified atom stereocenters. The van der Waals surface area contributed by atoms with Crippen LogP contribution in [-0.2, 0) is 24.4 Å². The number of pyridine rings is 1. The number of hydrogen-bond donors (Lipinski definition) is 0. The smallest absolute Gasteiger partial charge is 0.0593 e. The lowest BCUT2D eigenvalue weighted by atomic mass is 10.1. The number of aromatic nitrogens is 3. The molecule has 0 N–H and O–H groups in total. The van der Waals surface area contributed by atoms with Gasteiger partial charge in [0.15, 0.2) is 0 Å². The fourth-order valence-electron chi connectivity index (χ4n) is 3.09. The van der Waals surface area contributed by atoms with Crippen molar-refractivity contribution in [1.29, 1.82) is 0 Å². The first-order valence-corrected chi connectivity index (χ1v) is 8.55. The van der Waals surface area contributed by atoms with E-state index in [1.165, 1.54) is 11.3 Å². The molecule has 0 saturated heterocycles. The number of fused-ring (bicyclic) bond motifs is 1. The zero-order chi connectivity index (χ0) is 16.8. The lowest BCUT2D eigenvalue weighted by molar-refractivity contribution is 0.0673. The lowest BCUT2D eigenvalue weighted by Gasteiger charge is -2.24. The van der Waals surface area contributed by atoms with E-state index in [9.17, 15) is 0 Å². The van der Waals surface area contributed by atoms with Crippen LogP contribution in [0.2, 0.25) is 0 Å². The molecule has 0 saturated carbocycles. The molecule has 130 valence electrons. The summed E-state index contributed by atoms with van der Waals surface area (Å²) < 4.78 is 8.04. The lowest BCUT2D eigenvalue weighted by Crippen LogP contribution is -2.30. The van der Waals surface area contributed by atoms with E-state index in [-0.39, 0.29) is 0 Å². The summed E-state index contributed by atoms with van der Waals surface area (Å²) in [5.74, 6) is 0.449. The van der Waals surface area contributed by atoms with Crippen LogP contribution in [-0.4, -0.2) is 65.0 Å². The zero-order valence-corrected chi connectivity index (χ0v) is 14.6. The minimum absolute atomic E-state index is 0.449. The third-order valence-corrected chi connectivity index (χ3v) is 4.30. The van der Waals surface area contributed by atoms with E-state index in [4.69, 9.17) is 4.74 Å². The van der Waals surface area contributed by atoms with Crippen molar-refractivity contribution in [2.45, 2.75) is 19.6 Å². The number of hydrogen-bond acceptors (Lipinski definition) is 5. The van der Waals surface area contributed by atoms with Crippen molar-refractivity contribution in [2.75, 3.05) is 40.4 Å². The molecule has 0 radical (unpaired) electrons. The molecule has 6 heteroatoms. The number of rotatable bonds is 7. The number of ether oxygens (including phenoxy) is 1. The van der Waals surface area contributed by atoms with Gasteiger partial charge in [-0.15, -0.1) is 0 Å². The Hall–Kier alpha value is -1.76. The Morgan fingerprint density at radius 1 is 1.25 bits per heavy atom. The van der Waals surface area contributed by atoms with Crippen LogP contribution in [0.5, 0.6) is 0 Å². The SMILES string of the molecule is CN(C)CCOCC1CN(Cc2cccnc2)Cc2ccnn2C1. The second kappa shape index (κ2) is 8.37. The number of nitrogens with zero attached hydrogens (tertiary/aromatic N) is 5. The van der Waals surface area contributed by atoms with E-state index < -0.39 is 0 Å². The average molecular weight is 329 g/mol. The maximum absolute atomic E-state index is 5.91. The third-order valence-electron chi connectivity index (χ3n) is 4.30. The van der Waals surface area contributed by atoms with E-state index >= 15 is 0 Å². The molecule has 0 amide bonds. The second-order valence-electron chi connectivity index (χ2n) is 6.78. The van der Waals surface area contributed by atoms with Crippen molar-refractivity contribution < 1.29 is 4.74 Å². The van der Waals surface area contributed by atoms with Gasteiger partial charge in [0.1, 0.15) is 0 Å². The minimum atomic E-state index is 0.449. The van der Waals surface area contributed by atoms with Crippen LogP contribution in [0.15, 0.2) is 36.8 Å². The molecule has 3 heterocycles. The summed E-state index contributed by atoms with van der Waals surface area (Å²) in [6.45, 7) is 6.28. The molecule has 3 rings (SSSR count). The largest absolute Gasteiger partial charge is 0.380 e. The van der Waals surface area contributed by atoms with Gasteiger partial charge in [-0.05, 0) is 31.8 Å². The van der Waals surface area contributed by atoms with Crippen molar-refractivity contribution in [2.24, 2.45) is 5.92 Å². The van der Waals surface area contributed by atoms with Gasteiger partial charge in [0.2, 0.25) is 0 Å². The highest BCUT2D eigenvalue weighted by Crippen LogP contribution is 2.18. The Morgan fingerprint density at radius 2 is 2.17 bits per heavy atom. The summed E-state index contributed by atoms with van der Waals surface area (Å²) in [4.78, 5) is 8.85. The molecule has 0 fully saturated rings. The summed E-state index contributed by atoms with van der Waals surface area (Å²) in [6, 6.07) is 6.25. The highest BCUT2D eigenvalue weighted by atomic mass is 16.5. The van der Waals surface area contributed by atoms with Gasteiger partial charge in [0.05, 0.1) is 18.9 Å². The molecule has 1 aliphatic heterocycles. The summed E-state index contributed by atoms with van der Waals surface area (Å²) in [5, 5.41) is 4.48. The summed E-state index contributed by atoms with van der Waals surface area (Å²) >= 11 is 0. The van der Waals surface area contributed by atoms with Crippen LogP contribution in [0.25, 0.3) is 0 Å². The molecule has 0 bridgehead atoms. The highest BCUT2D eigenvalue weighted by molar-refractivity contribution is 5.09. The highest BCUT2D eigenvalue weighted by Gasteiger charge is 2.22. The predicted octanol–water partition coefficient (Wildman–Crippen LogP) is 1.49. The average Bonchev–Trinajstić information content (AvgIpc) is 2.92. The predicted molar refractivity (Wildman–Crippen MR) is 93.4 cm³/mol. The van der Waals surface area contributed by atoms with Gasteiger partial charge in [-0.2, -0.15) is 5.10 Å². The maximum atomic E-state index is 5.91. The minimum Gasteiger partial charge on any atom is -0.380 e. The molecule has 0 spiro atoms. The van der Waals surface area contributed by atoms with Crippen molar-refractivity contribution in [3.8, 4) is 0 Å². The summed E-state index contributed by atoms with van der Waals surface area (Å²) in [6.07, 6.45) is 5.67. The van der Waals surface area contributed by atoms with E-state index in [1.54, 1.807) is 0 Å². The van der Waals surface area contributed by atoms with Crippen LogP contribution < -0.4 is 0 Å². The summed E-state index contributed by atoms with van der Waals surface area (Å²) in [5.41, 5.74) is 2.52. The third kappa shape index (κ3) is 4.87. The first-order valence-electron chi connectivity index (χ1n) is 8.55. The fraction of sp³-hybridized carbons (Fsp3) is 0.556. The fourth-order valence-corrected chi connectivity index (χ4v) is 3.09. The Balaban J connectivity index is 1.62. The second-order valence-corrected chi connectivity index (χ2v) is 6.78. The summed E-state index contributed by atoms with van der Waals surface area (Å²) in [7, 11) is 4.14. The zero-order valence-electron chi connectivity index (χ0n) is 14.6. The molecule has 0 aliphatic carbocycles. The molecule has 2 aromatic rings. The molecule has 0 aromatic carbocycles. The van der Waals surface area contributed by atoms with Crippen molar-refractivity contribution >= 4 is 0 Å². The first kappa shape index (κ1) is 17.1. The van der Waals surface area contributed by atoms with Crippen molar-refractivity contribution in [3.63, 3.8) is 0 Å². The topological polar surface area (TPSA) is 46.4 Å². The normalized spacial score (nSPS) is 18.5. The van der Waals surface area contributed by atoms with Gasteiger partial charge in [-0.3, -0.25) is 14.6 Å². The van der Waals surface area contributed by atoms with Gasteiger partial charge < -0.3 is 9.64 Å². The van der Waals surface area contributed by atoms with Gasteiger partial charge in [0, 0.05) is 57.2 Å². The van der Waals surface area contributed by atoms with Crippen molar-refractivity contribution in [1.82, 2.24) is 24.6 Å². The number of likely N-dealkylation sites (N-methyl/N-ethyl adjacent to an activating group) is 1. The van der Waals surface area contributed by atoms with E-state index in [2.05, 4.69) is 50.8 Å². The van der Waals surface area contributed by atoms with Crippen LogP contribution >= 0.6 is 0 Å². The van der Waals surface area contributed by atoms with E-state index in [0.29, 0.717) is 5.92 Å². The first-order chi connectivity index (χ1) is 11.7. The van der Waals surface area contributed by atoms with E-state index in [0.717, 1.165) is 45.9 Å². The van der Waals surface area contributed by atoms with Crippen LogP contribution in [0.4, 0.5) is 0 Å². The Labute approximate surface area is 144 Å². The van der Waals surface area contributed by atoms with Gasteiger partial charge in [-0.1, -0.05) is 6.07 Å².